The Morgan fingerprint density at radius 2 is 1.62 bits per heavy atom. The van der Waals surface area contributed by atoms with Crippen LogP contribution in [-0.4, -0.2) is 20.2 Å². The molecule has 0 aliphatic carbocycles. The fourth-order valence-electron chi connectivity index (χ4n) is 3.97. The van der Waals surface area contributed by atoms with Crippen LogP contribution >= 0.6 is 0 Å². The van der Waals surface area contributed by atoms with Gasteiger partial charge in [0.15, 0.2) is 11.3 Å². The first-order valence-electron chi connectivity index (χ1n) is 10.5. The van der Waals surface area contributed by atoms with Gasteiger partial charge < -0.3 is 23.0 Å². The van der Waals surface area contributed by atoms with E-state index < -0.39 is 5.97 Å². The highest BCUT2D eigenvalue weighted by Crippen LogP contribution is 2.33. The molecule has 0 amide bonds. The summed E-state index contributed by atoms with van der Waals surface area (Å²) in [7, 11) is 3.08. The standard InChI is InChI=1S/C27H20O7/c1-15-24(18-8-4-5-9-20(18)30-2)25(28)19-12-11-17(14-22(19)32-15)33-27(29)23-13-16-7-6-10-21(31-3)26(16)34-23/h4-14H,1-3H3. The SMILES string of the molecule is COc1ccccc1-c1c(C)oc2cc(OC(=O)c3cc4cccc(OC)c4o3)ccc2c1=O. The van der Waals surface area contributed by atoms with E-state index in [0.29, 0.717) is 44.9 Å². The van der Waals surface area contributed by atoms with Gasteiger partial charge in [0.1, 0.15) is 22.8 Å². The lowest BCUT2D eigenvalue weighted by Gasteiger charge is -2.11. The van der Waals surface area contributed by atoms with Gasteiger partial charge in [0.25, 0.3) is 0 Å². The van der Waals surface area contributed by atoms with Gasteiger partial charge in [0.2, 0.25) is 11.2 Å². The smallest absolute Gasteiger partial charge is 0.379 e. The molecule has 0 N–H and O–H groups in total. The van der Waals surface area contributed by atoms with Crippen LogP contribution in [0.25, 0.3) is 33.1 Å². The average molecular weight is 456 g/mol. The normalized spacial score (nSPS) is 11.0. The summed E-state index contributed by atoms with van der Waals surface area (Å²) in [6.07, 6.45) is 0. The first kappa shape index (κ1) is 21.3. The molecule has 0 radical (unpaired) electrons. The summed E-state index contributed by atoms with van der Waals surface area (Å²) in [5.74, 6) is 1.09. The van der Waals surface area contributed by atoms with Crippen LogP contribution in [-0.2, 0) is 0 Å². The third-order valence-electron chi connectivity index (χ3n) is 5.56. The maximum absolute atomic E-state index is 13.3. The van der Waals surface area contributed by atoms with E-state index in [9.17, 15) is 9.59 Å². The van der Waals surface area contributed by atoms with E-state index in [1.165, 1.54) is 13.2 Å². The highest BCUT2D eigenvalue weighted by Gasteiger charge is 2.20. The van der Waals surface area contributed by atoms with Crippen LogP contribution in [0.1, 0.15) is 16.3 Å². The van der Waals surface area contributed by atoms with Gasteiger partial charge in [-0.15, -0.1) is 0 Å². The van der Waals surface area contributed by atoms with Gasteiger partial charge in [-0.05, 0) is 37.3 Å². The number of para-hydroxylation sites is 2. The van der Waals surface area contributed by atoms with Crippen LogP contribution in [0, 0.1) is 6.92 Å². The summed E-state index contributed by atoms with van der Waals surface area (Å²) in [5.41, 5.74) is 1.63. The van der Waals surface area contributed by atoms with Crippen molar-refractivity contribution in [2.75, 3.05) is 14.2 Å². The van der Waals surface area contributed by atoms with E-state index in [1.54, 1.807) is 50.4 Å². The van der Waals surface area contributed by atoms with Crippen LogP contribution in [0.15, 0.2) is 80.4 Å². The molecule has 0 fully saturated rings. The number of methoxy groups -OCH3 is 2. The number of carbonyl (C=O) groups is 1. The van der Waals surface area contributed by atoms with Gasteiger partial charge in [0, 0.05) is 17.0 Å². The van der Waals surface area contributed by atoms with Crippen molar-refractivity contribution in [1.29, 1.82) is 0 Å². The quantitative estimate of drug-likeness (QED) is 0.246. The van der Waals surface area contributed by atoms with Gasteiger partial charge >= 0.3 is 5.97 Å². The first-order chi connectivity index (χ1) is 16.5. The Hall–Kier alpha value is -4.52. The molecular weight excluding hydrogens is 436 g/mol. The fourth-order valence-corrected chi connectivity index (χ4v) is 3.97. The fraction of sp³-hybridized carbons (Fsp3) is 0.111. The molecule has 0 saturated heterocycles. The van der Waals surface area contributed by atoms with Crippen molar-refractivity contribution in [2.24, 2.45) is 0 Å². The molecule has 0 spiro atoms. The van der Waals surface area contributed by atoms with Gasteiger partial charge in [-0.2, -0.15) is 0 Å². The monoisotopic (exact) mass is 456 g/mol. The van der Waals surface area contributed by atoms with Crippen LogP contribution in [0.5, 0.6) is 17.2 Å². The summed E-state index contributed by atoms with van der Waals surface area (Å²) in [6.45, 7) is 1.71. The number of fused-ring (bicyclic) bond motifs is 2. The van der Waals surface area contributed by atoms with Gasteiger partial charge in [-0.25, -0.2) is 4.79 Å². The van der Waals surface area contributed by atoms with Crippen LogP contribution in [0.4, 0.5) is 0 Å². The highest BCUT2D eigenvalue weighted by atomic mass is 16.5. The van der Waals surface area contributed by atoms with Crippen molar-refractivity contribution < 1.29 is 27.8 Å². The first-order valence-corrected chi connectivity index (χ1v) is 10.5. The molecule has 5 rings (SSSR count). The lowest BCUT2D eigenvalue weighted by atomic mass is 10.0. The van der Waals surface area contributed by atoms with Crippen LogP contribution in [0.3, 0.4) is 0 Å². The number of carbonyl (C=O) groups excluding carboxylic acids is 1. The lowest BCUT2D eigenvalue weighted by molar-refractivity contribution is 0.0704. The number of rotatable bonds is 5. The maximum Gasteiger partial charge on any atom is 0.379 e. The van der Waals surface area contributed by atoms with E-state index >= 15 is 0 Å². The van der Waals surface area contributed by atoms with E-state index in [0.717, 1.165) is 5.39 Å². The third kappa shape index (κ3) is 3.57. The van der Waals surface area contributed by atoms with E-state index in [-0.39, 0.29) is 16.9 Å². The number of benzene rings is 3. The molecular formula is C27H20O7. The maximum atomic E-state index is 13.3. The second kappa shape index (κ2) is 8.44. The molecule has 170 valence electrons. The number of furan rings is 1. The molecule has 7 nitrogen and oxygen atoms in total. The Balaban J connectivity index is 1.50. The zero-order chi connectivity index (χ0) is 23.8. The molecule has 0 aliphatic heterocycles. The summed E-state index contributed by atoms with van der Waals surface area (Å²) in [4.78, 5) is 26.0. The lowest BCUT2D eigenvalue weighted by Crippen LogP contribution is -2.10. The molecule has 7 heteroatoms. The van der Waals surface area contributed by atoms with Crippen molar-refractivity contribution in [1.82, 2.24) is 0 Å². The minimum Gasteiger partial charge on any atom is -0.496 e. The average Bonchev–Trinajstić information content (AvgIpc) is 3.29. The second-order valence-electron chi connectivity index (χ2n) is 7.60. The predicted molar refractivity (Wildman–Crippen MR) is 127 cm³/mol. The van der Waals surface area contributed by atoms with E-state index in [4.69, 9.17) is 23.0 Å². The molecule has 3 aromatic carbocycles. The van der Waals surface area contributed by atoms with Gasteiger partial charge in [0.05, 0.1) is 25.2 Å². The second-order valence-corrected chi connectivity index (χ2v) is 7.60. The van der Waals surface area contributed by atoms with Crippen molar-refractivity contribution in [3.05, 3.63) is 88.5 Å². The summed E-state index contributed by atoms with van der Waals surface area (Å²) < 4.78 is 27.8. The number of ether oxygens (including phenoxy) is 3. The van der Waals surface area contributed by atoms with Crippen molar-refractivity contribution in [3.63, 3.8) is 0 Å². The number of hydrogen-bond acceptors (Lipinski definition) is 7. The topological polar surface area (TPSA) is 88.1 Å². The van der Waals surface area contributed by atoms with Crippen LogP contribution in [0.2, 0.25) is 0 Å². The Labute approximate surface area is 194 Å². The minimum atomic E-state index is -0.678. The summed E-state index contributed by atoms with van der Waals surface area (Å²) >= 11 is 0. The van der Waals surface area contributed by atoms with Crippen molar-refractivity contribution in [3.8, 4) is 28.4 Å². The third-order valence-corrected chi connectivity index (χ3v) is 5.56. The minimum absolute atomic E-state index is 0.0313. The molecule has 0 unspecified atom stereocenters. The molecule has 0 atom stereocenters. The van der Waals surface area contributed by atoms with Crippen molar-refractivity contribution in [2.45, 2.75) is 6.92 Å². The van der Waals surface area contributed by atoms with Gasteiger partial charge in [-0.1, -0.05) is 30.3 Å². The van der Waals surface area contributed by atoms with Crippen LogP contribution < -0.4 is 19.6 Å². The molecule has 2 heterocycles. The molecule has 0 bridgehead atoms. The Bertz CT molecular complexity index is 1610. The van der Waals surface area contributed by atoms with E-state index in [2.05, 4.69) is 0 Å². The Morgan fingerprint density at radius 1 is 0.853 bits per heavy atom. The molecule has 0 saturated carbocycles. The van der Waals surface area contributed by atoms with E-state index in [1.807, 2.05) is 24.3 Å². The molecule has 2 aromatic heterocycles. The summed E-state index contributed by atoms with van der Waals surface area (Å²) in [6, 6.07) is 18.8. The number of hydrogen-bond donors (Lipinski definition) is 0. The van der Waals surface area contributed by atoms with Gasteiger partial charge in [-0.3, -0.25) is 4.79 Å². The molecule has 5 aromatic rings. The largest absolute Gasteiger partial charge is 0.496 e. The number of aryl methyl sites for hydroxylation is 1. The van der Waals surface area contributed by atoms with Crippen molar-refractivity contribution >= 4 is 27.9 Å². The zero-order valence-corrected chi connectivity index (χ0v) is 18.7. The highest BCUT2D eigenvalue weighted by molar-refractivity contribution is 5.95. The molecule has 34 heavy (non-hydrogen) atoms. The summed E-state index contributed by atoms with van der Waals surface area (Å²) in [5, 5.41) is 1.08. The zero-order valence-electron chi connectivity index (χ0n) is 18.7. The Kier molecular flexibility index (Phi) is 5.30. The Morgan fingerprint density at radius 3 is 2.41 bits per heavy atom. The molecule has 0 aliphatic rings. The number of esters is 1. The predicted octanol–water partition coefficient (Wildman–Crippen LogP) is 5.75.